The second kappa shape index (κ2) is 8.76. The average molecular weight is 363 g/mol. The molecule has 0 atom stereocenters. The van der Waals surface area contributed by atoms with Gasteiger partial charge in [0.25, 0.3) is 11.8 Å². The molecule has 0 aromatic heterocycles. The van der Waals surface area contributed by atoms with Gasteiger partial charge < -0.3 is 10.6 Å². The smallest absolute Gasteiger partial charge is 0.255 e. The zero-order valence-electron chi connectivity index (χ0n) is 13.6. The lowest BCUT2D eigenvalue weighted by Crippen LogP contribution is -2.18. The number of halogens is 1. The highest BCUT2D eigenvalue weighted by Crippen LogP contribution is 2.24. The Bertz CT molecular complexity index is 732. The van der Waals surface area contributed by atoms with E-state index in [0.29, 0.717) is 21.8 Å². The summed E-state index contributed by atoms with van der Waals surface area (Å²) in [6.45, 7) is 2.11. The van der Waals surface area contributed by atoms with Gasteiger partial charge in [0.2, 0.25) is 0 Å². The summed E-state index contributed by atoms with van der Waals surface area (Å²) >= 11 is 7.94. The number of nitrogens with one attached hydrogen (secondary N) is 2. The summed E-state index contributed by atoms with van der Waals surface area (Å²) in [6, 6.07) is 12.2. The zero-order chi connectivity index (χ0) is 17.5. The van der Waals surface area contributed by atoms with Crippen LogP contribution >= 0.6 is 23.4 Å². The van der Waals surface area contributed by atoms with E-state index in [-0.39, 0.29) is 11.8 Å². The maximum absolute atomic E-state index is 12.4. The number of hydrogen-bond donors (Lipinski definition) is 2. The van der Waals surface area contributed by atoms with Crippen LogP contribution in [0, 0.1) is 0 Å². The normalized spacial score (nSPS) is 10.3. The first-order valence-corrected chi connectivity index (χ1v) is 9.08. The standard InChI is InChI=1S/C18H19ClN2O2S/c1-3-24-11-12-4-6-13(7-5-12)18(23)21-16-10-14(17(22)20-2)8-9-15(16)19/h4-10H,3,11H2,1-2H3,(H,20,22)(H,21,23). The Morgan fingerprint density at radius 3 is 2.33 bits per heavy atom. The number of anilines is 1. The number of carbonyl (C=O) groups excluding carboxylic acids is 2. The van der Waals surface area contributed by atoms with Crippen LogP contribution in [-0.2, 0) is 5.75 Å². The van der Waals surface area contributed by atoms with Crippen molar-refractivity contribution in [1.82, 2.24) is 5.32 Å². The largest absolute Gasteiger partial charge is 0.355 e. The van der Waals surface area contributed by atoms with Crippen LogP contribution < -0.4 is 10.6 Å². The van der Waals surface area contributed by atoms with Gasteiger partial charge in [-0.3, -0.25) is 9.59 Å². The number of rotatable bonds is 6. The van der Waals surface area contributed by atoms with E-state index in [1.165, 1.54) is 5.56 Å². The van der Waals surface area contributed by atoms with Gasteiger partial charge in [0.1, 0.15) is 0 Å². The van der Waals surface area contributed by atoms with Crippen LogP contribution in [0.15, 0.2) is 42.5 Å². The zero-order valence-corrected chi connectivity index (χ0v) is 15.1. The van der Waals surface area contributed by atoms with Crippen LogP contribution in [0.1, 0.15) is 33.2 Å². The Morgan fingerprint density at radius 1 is 1.04 bits per heavy atom. The van der Waals surface area contributed by atoms with Crippen LogP contribution in [0.25, 0.3) is 0 Å². The van der Waals surface area contributed by atoms with E-state index in [1.807, 2.05) is 23.9 Å². The molecule has 0 bridgehead atoms. The summed E-state index contributed by atoms with van der Waals surface area (Å²) in [5, 5.41) is 5.67. The molecule has 2 aromatic carbocycles. The van der Waals surface area contributed by atoms with Gasteiger partial charge in [-0.05, 0) is 41.6 Å². The number of amides is 2. The van der Waals surface area contributed by atoms with Crippen molar-refractivity contribution in [2.75, 3.05) is 18.1 Å². The van der Waals surface area contributed by atoms with Crippen LogP contribution in [0.5, 0.6) is 0 Å². The van der Waals surface area contributed by atoms with Crippen LogP contribution in [0.3, 0.4) is 0 Å². The molecule has 0 aliphatic carbocycles. The Balaban J connectivity index is 2.13. The maximum Gasteiger partial charge on any atom is 0.255 e. The highest BCUT2D eigenvalue weighted by Gasteiger charge is 2.11. The Hall–Kier alpha value is -1.98. The lowest BCUT2D eigenvalue weighted by atomic mass is 10.1. The quantitative estimate of drug-likeness (QED) is 0.809. The monoisotopic (exact) mass is 362 g/mol. The second-order valence-corrected chi connectivity index (χ2v) is 6.74. The number of benzene rings is 2. The molecule has 0 aliphatic heterocycles. The van der Waals surface area contributed by atoms with Gasteiger partial charge in [-0.2, -0.15) is 11.8 Å². The molecular formula is C18H19ClN2O2S. The molecule has 2 rings (SSSR count). The van der Waals surface area contributed by atoms with Crippen molar-refractivity contribution >= 4 is 40.9 Å². The third-order valence-corrected chi connectivity index (χ3v) is 4.67. The molecule has 0 aliphatic rings. The maximum atomic E-state index is 12.4. The van der Waals surface area contributed by atoms with Gasteiger partial charge in [-0.15, -0.1) is 0 Å². The summed E-state index contributed by atoms with van der Waals surface area (Å²) in [4.78, 5) is 24.1. The van der Waals surface area contributed by atoms with Crippen molar-refractivity contribution in [3.63, 3.8) is 0 Å². The van der Waals surface area contributed by atoms with Crippen LogP contribution in [-0.4, -0.2) is 24.6 Å². The Labute approximate surface area is 151 Å². The fourth-order valence-corrected chi connectivity index (χ4v) is 2.87. The number of thioether (sulfide) groups is 1. The molecule has 6 heteroatoms. The first-order chi connectivity index (χ1) is 11.5. The Kier molecular flexibility index (Phi) is 6.70. The highest BCUT2D eigenvalue weighted by molar-refractivity contribution is 7.98. The van der Waals surface area contributed by atoms with E-state index in [4.69, 9.17) is 11.6 Å². The molecule has 0 spiro atoms. The fourth-order valence-electron chi connectivity index (χ4n) is 2.07. The predicted octanol–water partition coefficient (Wildman–Crippen LogP) is 4.21. The predicted molar refractivity (Wildman–Crippen MR) is 101 cm³/mol. The lowest BCUT2D eigenvalue weighted by molar-refractivity contribution is 0.0961. The molecule has 0 heterocycles. The van der Waals surface area contributed by atoms with E-state index in [1.54, 1.807) is 37.4 Å². The average Bonchev–Trinajstić information content (AvgIpc) is 2.61. The minimum atomic E-state index is -0.263. The Morgan fingerprint density at radius 2 is 1.71 bits per heavy atom. The first kappa shape index (κ1) is 18.4. The van der Waals surface area contributed by atoms with Gasteiger partial charge in [0, 0.05) is 23.9 Å². The molecule has 126 valence electrons. The van der Waals surface area contributed by atoms with Gasteiger partial charge in [0.15, 0.2) is 0 Å². The van der Waals surface area contributed by atoms with Gasteiger partial charge >= 0.3 is 0 Å². The third-order valence-electron chi connectivity index (χ3n) is 3.39. The molecule has 24 heavy (non-hydrogen) atoms. The summed E-state index contributed by atoms with van der Waals surface area (Å²) in [5.41, 5.74) is 2.57. The van der Waals surface area contributed by atoms with E-state index < -0.39 is 0 Å². The molecule has 0 unspecified atom stereocenters. The third kappa shape index (κ3) is 4.76. The summed E-state index contributed by atoms with van der Waals surface area (Å²) in [7, 11) is 1.55. The minimum Gasteiger partial charge on any atom is -0.355 e. The summed E-state index contributed by atoms with van der Waals surface area (Å²) in [6.07, 6.45) is 0. The van der Waals surface area contributed by atoms with E-state index in [9.17, 15) is 9.59 Å². The molecule has 4 nitrogen and oxygen atoms in total. The highest BCUT2D eigenvalue weighted by atomic mass is 35.5. The van der Waals surface area contributed by atoms with Crippen molar-refractivity contribution in [2.45, 2.75) is 12.7 Å². The lowest BCUT2D eigenvalue weighted by Gasteiger charge is -2.10. The first-order valence-electron chi connectivity index (χ1n) is 7.54. The SMILES string of the molecule is CCSCc1ccc(C(=O)Nc2cc(C(=O)NC)ccc2Cl)cc1. The van der Waals surface area contributed by atoms with E-state index in [0.717, 1.165) is 11.5 Å². The molecule has 0 radical (unpaired) electrons. The molecule has 2 aromatic rings. The van der Waals surface area contributed by atoms with Crippen molar-refractivity contribution in [3.8, 4) is 0 Å². The van der Waals surface area contributed by atoms with Gasteiger partial charge in [-0.1, -0.05) is 30.7 Å². The van der Waals surface area contributed by atoms with E-state index in [2.05, 4.69) is 17.6 Å². The van der Waals surface area contributed by atoms with Crippen molar-refractivity contribution in [2.24, 2.45) is 0 Å². The molecule has 0 saturated carbocycles. The van der Waals surface area contributed by atoms with Gasteiger partial charge in [-0.25, -0.2) is 0 Å². The second-order valence-electron chi connectivity index (χ2n) is 5.06. The molecule has 2 amide bonds. The van der Waals surface area contributed by atoms with E-state index >= 15 is 0 Å². The molecular weight excluding hydrogens is 344 g/mol. The molecule has 2 N–H and O–H groups in total. The van der Waals surface area contributed by atoms with Gasteiger partial charge in [0.05, 0.1) is 10.7 Å². The molecule has 0 fully saturated rings. The number of hydrogen-bond acceptors (Lipinski definition) is 3. The summed E-state index contributed by atoms with van der Waals surface area (Å²) < 4.78 is 0. The molecule has 0 saturated heterocycles. The van der Waals surface area contributed by atoms with Crippen molar-refractivity contribution in [1.29, 1.82) is 0 Å². The van der Waals surface area contributed by atoms with Crippen molar-refractivity contribution in [3.05, 3.63) is 64.2 Å². The summed E-state index contributed by atoms with van der Waals surface area (Å²) in [5.74, 6) is 1.49. The topological polar surface area (TPSA) is 58.2 Å². The number of carbonyl (C=O) groups is 2. The van der Waals surface area contributed by atoms with Crippen LogP contribution in [0.2, 0.25) is 5.02 Å². The fraction of sp³-hybridized carbons (Fsp3) is 0.222. The van der Waals surface area contributed by atoms with Crippen molar-refractivity contribution < 1.29 is 9.59 Å². The minimum absolute atomic E-state index is 0.236. The van der Waals surface area contributed by atoms with Crippen LogP contribution in [0.4, 0.5) is 5.69 Å².